The van der Waals surface area contributed by atoms with Gasteiger partial charge in [-0.15, -0.1) is 0 Å². The lowest BCUT2D eigenvalue weighted by Gasteiger charge is -2.31. The second-order valence-electron chi connectivity index (χ2n) is 6.54. The van der Waals surface area contributed by atoms with Crippen molar-refractivity contribution in [1.82, 2.24) is 5.32 Å². The molecule has 0 aliphatic rings. The molecule has 0 aliphatic carbocycles. The van der Waals surface area contributed by atoms with Crippen LogP contribution in [-0.4, -0.2) is 31.5 Å². The molecule has 2 atom stereocenters. The molecule has 1 amide bonds. The van der Waals surface area contributed by atoms with E-state index >= 15 is 0 Å². The number of nitrogens with one attached hydrogen (secondary N) is 1. The van der Waals surface area contributed by atoms with E-state index < -0.39 is 38.8 Å². The van der Waals surface area contributed by atoms with E-state index in [1.807, 2.05) is 0 Å². The number of non-ortho nitro benzene ring substituents is 1. The summed E-state index contributed by atoms with van der Waals surface area (Å²) in [5.41, 5.74) is 0.389. The number of nitrogens with zero attached hydrogens (tertiary/aromatic N) is 2. The molecule has 8 nitrogen and oxygen atoms in total. The molecule has 2 rings (SSSR count). The van der Waals surface area contributed by atoms with Crippen molar-refractivity contribution in [2.75, 3.05) is 10.6 Å². The van der Waals surface area contributed by atoms with Crippen molar-refractivity contribution in [3.8, 4) is 0 Å². The standard InChI is InChI=1S/C19H22FN3O5S/c1-4-18(19(24)21-13(2)14-8-10-15(20)11-9-14)22(29(3,27)28)16-6-5-7-17(12-16)23(25)26/h5-13,18H,4H2,1-3H3,(H,21,24)/t13-,18+/m1/s1. The van der Waals surface area contributed by atoms with Gasteiger partial charge in [-0.05, 0) is 37.1 Å². The van der Waals surface area contributed by atoms with Crippen molar-refractivity contribution in [1.29, 1.82) is 0 Å². The highest BCUT2D eigenvalue weighted by Gasteiger charge is 2.32. The SMILES string of the molecule is CC[C@@H](C(=O)N[C@H](C)c1ccc(F)cc1)N(c1cccc([N+](=O)[O-])c1)S(C)(=O)=O. The molecule has 2 aromatic carbocycles. The predicted molar refractivity (Wildman–Crippen MR) is 107 cm³/mol. The molecular weight excluding hydrogens is 401 g/mol. The van der Waals surface area contributed by atoms with E-state index in [0.29, 0.717) is 5.56 Å². The zero-order valence-corrected chi connectivity index (χ0v) is 17.0. The van der Waals surface area contributed by atoms with E-state index in [1.54, 1.807) is 13.8 Å². The van der Waals surface area contributed by atoms with Crippen LogP contribution in [0.2, 0.25) is 0 Å². The fourth-order valence-corrected chi connectivity index (χ4v) is 4.15. The van der Waals surface area contributed by atoms with E-state index in [-0.39, 0.29) is 17.8 Å². The highest BCUT2D eigenvalue weighted by atomic mass is 32.2. The Morgan fingerprint density at radius 2 is 1.86 bits per heavy atom. The number of hydrogen-bond acceptors (Lipinski definition) is 5. The van der Waals surface area contributed by atoms with Gasteiger partial charge >= 0.3 is 0 Å². The zero-order chi connectivity index (χ0) is 21.8. The van der Waals surface area contributed by atoms with Gasteiger partial charge in [0.15, 0.2) is 0 Å². The van der Waals surface area contributed by atoms with Gasteiger partial charge in [-0.25, -0.2) is 12.8 Å². The lowest BCUT2D eigenvalue weighted by molar-refractivity contribution is -0.384. The number of nitro benzene ring substituents is 1. The Hall–Kier alpha value is -3.01. The minimum atomic E-state index is -3.92. The lowest BCUT2D eigenvalue weighted by atomic mass is 10.1. The normalized spacial score (nSPS) is 13.4. The molecule has 0 bridgehead atoms. The summed E-state index contributed by atoms with van der Waals surface area (Å²) in [6.45, 7) is 3.33. The first kappa shape index (κ1) is 22.3. The molecule has 10 heteroatoms. The van der Waals surface area contributed by atoms with E-state index in [2.05, 4.69) is 5.32 Å². The van der Waals surface area contributed by atoms with Crippen LogP contribution < -0.4 is 9.62 Å². The molecular formula is C19H22FN3O5S. The molecule has 0 fully saturated rings. The monoisotopic (exact) mass is 423 g/mol. The van der Waals surface area contributed by atoms with Gasteiger partial charge in [0, 0.05) is 12.1 Å². The Balaban J connectivity index is 2.35. The van der Waals surface area contributed by atoms with E-state index in [9.17, 15) is 27.7 Å². The zero-order valence-electron chi connectivity index (χ0n) is 16.2. The Labute approximate surface area is 168 Å². The van der Waals surface area contributed by atoms with Crippen LogP contribution in [0.5, 0.6) is 0 Å². The molecule has 1 N–H and O–H groups in total. The van der Waals surface area contributed by atoms with Gasteiger partial charge in [-0.2, -0.15) is 0 Å². The average Bonchev–Trinajstić information content (AvgIpc) is 2.65. The van der Waals surface area contributed by atoms with Crippen molar-refractivity contribution >= 4 is 27.3 Å². The predicted octanol–water partition coefficient (Wildman–Crippen LogP) is 3.16. The van der Waals surface area contributed by atoms with E-state index in [1.165, 1.54) is 42.5 Å². The number of carbonyl (C=O) groups is 1. The maximum absolute atomic E-state index is 13.1. The van der Waals surface area contributed by atoms with Crippen LogP contribution in [0.3, 0.4) is 0 Å². The number of sulfonamides is 1. The maximum Gasteiger partial charge on any atom is 0.271 e. The van der Waals surface area contributed by atoms with Crippen LogP contribution >= 0.6 is 0 Å². The number of amides is 1. The topological polar surface area (TPSA) is 110 Å². The smallest absolute Gasteiger partial charge is 0.271 e. The summed E-state index contributed by atoms with van der Waals surface area (Å²) < 4.78 is 38.9. The van der Waals surface area contributed by atoms with Gasteiger partial charge in [0.25, 0.3) is 5.69 Å². The molecule has 29 heavy (non-hydrogen) atoms. The van der Waals surface area contributed by atoms with Gasteiger partial charge in [0.1, 0.15) is 11.9 Å². The van der Waals surface area contributed by atoms with Crippen molar-refractivity contribution in [3.05, 3.63) is 70.0 Å². The molecule has 0 aromatic heterocycles. The number of hydrogen-bond donors (Lipinski definition) is 1. The third kappa shape index (κ3) is 5.50. The van der Waals surface area contributed by atoms with Gasteiger partial charge in [-0.3, -0.25) is 19.2 Å². The Bertz CT molecular complexity index is 995. The Morgan fingerprint density at radius 3 is 2.38 bits per heavy atom. The van der Waals surface area contributed by atoms with Crippen molar-refractivity contribution in [2.45, 2.75) is 32.4 Å². The Kier molecular flexibility index (Phi) is 6.91. The largest absolute Gasteiger partial charge is 0.348 e. The number of carbonyl (C=O) groups excluding carboxylic acids is 1. The summed E-state index contributed by atoms with van der Waals surface area (Å²) in [7, 11) is -3.92. The Morgan fingerprint density at radius 1 is 1.24 bits per heavy atom. The summed E-state index contributed by atoms with van der Waals surface area (Å²) in [5, 5.41) is 13.8. The average molecular weight is 423 g/mol. The third-order valence-electron chi connectivity index (χ3n) is 4.35. The minimum absolute atomic E-state index is 0.0261. The molecule has 0 unspecified atom stereocenters. The summed E-state index contributed by atoms with van der Waals surface area (Å²) in [5.74, 6) is -0.978. The number of halogens is 1. The minimum Gasteiger partial charge on any atom is -0.348 e. The maximum atomic E-state index is 13.1. The van der Waals surface area contributed by atoms with Gasteiger partial charge < -0.3 is 5.32 Å². The first-order chi connectivity index (χ1) is 13.5. The molecule has 0 radical (unpaired) electrons. The summed E-state index contributed by atoms with van der Waals surface area (Å²) in [6, 6.07) is 9.07. The van der Waals surface area contributed by atoms with Gasteiger partial charge in [-0.1, -0.05) is 25.1 Å². The fraction of sp³-hybridized carbons (Fsp3) is 0.316. The first-order valence-corrected chi connectivity index (χ1v) is 10.7. The molecule has 0 saturated carbocycles. The third-order valence-corrected chi connectivity index (χ3v) is 5.53. The number of benzene rings is 2. The lowest BCUT2D eigenvalue weighted by Crippen LogP contribution is -2.49. The number of rotatable bonds is 8. The van der Waals surface area contributed by atoms with Crippen molar-refractivity contribution < 1.29 is 22.5 Å². The summed E-state index contributed by atoms with van der Waals surface area (Å²) in [4.78, 5) is 23.3. The van der Waals surface area contributed by atoms with Crippen LogP contribution in [0.15, 0.2) is 48.5 Å². The second-order valence-corrected chi connectivity index (χ2v) is 8.40. The van der Waals surface area contributed by atoms with E-state index in [4.69, 9.17) is 0 Å². The fourth-order valence-electron chi connectivity index (χ4n) is 2.95. The van der Waals surface area contributed by atoms with Crippen molar-refractivity contribution in [3.63, 3.8) is 0 Å². The number of anilines is 1. The van der Waals surface area contributed by atoms with Crippen LogP contribution in [0.4, 0.5) is 15.8 Å². The number of nitro groups is 1. The van der Waals surface area contributed by atoms with Gasteiger partial charge in [0.05, 0.1) is 22.9 Å². The summed E-state index contributed by atoms with van der Waals surface area (Å²) >= 11 is 0. The molecule has 0 saturated heterocycles. The quantitative estimate of drug-likeness (QED) is 0.518. The highest BCUT2D eigenvalue weighted by molar-refractivity contribution is 7.92. The molecule has 156 valence electrons. The second kappa shape index (κ2) is 8.99. The molecule has 0 aliphatic heterocycles. The van der Waals surface area contributed by atoms with Gasteiger partial charge in [0.2, 0.25) is 15.9 Å². The molecule has 0 spiro atoms. The molecule has 0 heterocycles. The van der Waals surface area contributed by atoms with Crippen LogP contribution in [0.1, 0.15) is 31.9 Å². The van der Waals surface area contributed by atoms with Crippen LogP contribution in [0, 0.1) is 15.9 Å². The van der Waals surface area contributed by atoms with Crippen molar-refractivity contribution in [2.24, 2.45) is 0 Å². The van der Waals surface area contributed by atoms with E-state index in [0.717, 1.165) is 16.6 Å². The van der Waals surface area contributed by atoms with Crippen LogP contribution in [0.25, 0.3) is 0 Å². The van der Waals surface area contributed by atoms with Crippen LogP contribution in [-0.2, 0) is 14.8 Å². The first-order valence-electron chi connectivity index (χ1n) is 8.84. The highest BCUT2D eigenvalue weighted by Crippen LogP contribution is 2.27. The summed E-state index contributed by atoms with van der Waals surface area (Å²) in [6.07, 6.45) is 1.07. The molecule has 2 aromatic rings.